The molecular formula is C10H10IN5O. The largest absolute Gasteiger partial charge is 0.438 e. The minimum absolute atomic E-state index is 0.0985. The summed E-state index contributed by atoms with van der Waals surface area (Å²) in [5.74, 6) is 6.80. The van der Waals surface area contributed by atoms with Crippen LogP contribution < -0.4 is 21.7 Å². The van der Waals surface area contributed by atoms with Crippen LogP contribution in [0, 0.1) is 3.57 Å². The van der Waals surface area contributed by atoms with Gasteiger partial charge in [0.25, 0.3) is 0 Å². The van der Waals surface area contributed by atoms with Crippen LogP contribution in [0.25, 0.3) is 0 Å². The molecule has 0 bridgehead atoms. The Morgan fingerprint density at radius 3 is 2.71 bits per heavy atom. The molecule has 2 rings (SSSR count). The molecule has 0 saturated carbocycles. The fourth-order valence-corrected chi connectivity index (χ4v) is 1.71. The highest BCUT2D eigenvalue weighted by Crippen LogP contribution is 2.26. The number of nitrogens with one attached hydrogen (secondary N) is 1. The second kappa shape index (κ2) is 5.15. The van der Waals surface area contributed by atoms with Crippen molar-refractivity contribution in [2.75, 3.05) is 11.2 Å². The SMILES string of the molecule is NNc1cc(Oc2ccccc2I)nc(N)n1. The minimum atomic E-state index is 0.0985. The molecule has 6 nitrogen and oxygen atoms in total. The summed E-state index contributed by atoms with van der Waals surface area (Å²) in [7, 11) is 0. The molecule has 0 spiro atoms. The van der Waals surface area contributed by atoms with Crippen molar-refractivity contribution in [3.63, 3.8) is 0 Å². The lowest BCUT2D eigenvalue weighted by molar-refractivity contribution is 0.460. The van der Waals surface area contributed by atoms with Crippen LogP contribution in [0.1, 0.15) is 0 Å². The fourth-order valence-electron chi connectivity index (χ4n) is 1.21. The standard InChI is InChI=1S/C10H10IN5O/c11-6-3-1-2-4-7(6)17-9-5-8(16-13)14-10(12)15-9/h1-5H,13H2,(H3,12,14,15,16). The number of para-hydroxylation sites is 1. The molecule has 0 amide bonds. The van der Waals surface area contributed by atoms with Gasteiger partial charge in [-0.05, 0) is 34.7 Å². The second-order valence-corrected chi connectivity index (χ2v) is 4.29. The topological polar surface area (TPSA) is 99.1 Å². The lowest BCUT2D eigenvalue weighted by Gasteiger charge is -2.08. The number of hydrogen-bond acceptors (Lipinski definition) is 6. The fraction of sp³-hybridized carbons (Fsp3) is 0. The highest BCUT2D eigenvalue weighted by molar-refractivity contribution is 14.1. The molecule has 1 aromatic carbocycles. The summed E-state index contributed by atoms with van der Waals surface area (Å²) in [6.45, 7) is 0. The van der Waals surface area contributed by atoms with Gasteiger partial charge in [0.05, 0.1) is 3.57 Å². The first-order valence-corrected chi connectivity index (χ1v) is 5.80. The number of hydrazine groups is 1. The van der Waals surface area contributed by atoms with Gasteiger partial charge in [0.15, 0.2) is 0 Å². The van der Waals surface area contributed by atoms with Crippen LogP contribution >= 0.6 is 22.6 Å². The minimum Gasteiger partial charge on any atom is -0.438 e. The van der Waals surface area contributed by atoms with E-state index in [1.54, 1.807) is 6.07 Å². The van der Waals surface area contributed by atoms with Crippen molar-refractivity contribution in [2.45, 2.75) is 0 Å². The summed E-state index contributed by atoms with van der Waals surface area (Å²) in [5.41, 5.74) is 7.92. The van der Waals surface area contributed by atoms with Crippen LogP contribution in [-0.2, 0) is 0 Å². The molecule has 0 unspecified atom stereocenters. The highest BCUT2D eigenvalue weighted by atomic mass is 127. The van der Waals surface area contributed by atoms with Crippen LogP contribution in [-0.4, -0.2) is 9.97 Å². The van der Waals surface area contributed by atoms with Crippen molar-refractivity contribution in [3.8, 4) is 11.6 Å². The summed E-state index contributed by atoms with van der Waals surface area (Å²) in [6, 6.07) is 9.15. The van der Waals surface area contributed by atoms with E-state index in [1.807, 2.05) is 24.3 Å². The van der Waals surface area contributed by atoms with Crippen molar-refractivity contribution in [3.05, 3.63) is 33.9 Å². The first kappa shape index (κ1) is 11.9. The molecule has 0 radical (unpaired) electrons. The molecule has 17 heavy (non-hydrogen) atoms. The van der Waals surface area contributed by atoms with E-state index in [9.17, 15) is 0 Å². The molecular weight excluding hydrogens is 333 g/mol. The molecule has 88 valence electrons. The van der Waals surface area contributed by atoms with E-state index >= 15 is 0 Å². The van der Waals surface area contributed by atoms with Crippen molar-refractivity contribution >= 4 is 34.4 Å². The Bertz CT molecular complexity index is 534. The summed E-state index contributed by atoms with van der Waals surface area (Å²) in [4.78, 5) is 7.83. The number of ether oxygens (including phenoxy) is 1. The zero-order valence-electron chi connectivity index (χ0n) is 8.72. The first-order valence-electron chi connectivity index (χ1n) is 4.72. The molecule has 5 N–H and O–H groups in total. The van der Waals surface area contributed by atoms with E-state index in [1.165, 1.54) is 0 Å². The lowest BCUT2D eigenvalue weighted by atomic mass is 10.3. The van der Waals surface area contributed by atoms with Crippen LogP contribution in [0.15, 0.2) is 30.3 Å². The number of nitrogen functional groups attached to an aromatic ring is 2. The summed E-state index contributed by atoms with van der Waals surface area (Å²) < 4.78 is 6.57. The third-order valence-electron chi connectivity index (χ3n) is 1.92. The average molecular weight is 343 g/mol. The molecule has 1 heterocycles. The Balaban J connectivity index is 2.30. The molecule has 0 fully saturated rings. The zero-order valence-corrected chi connectivity index (χ0v) is 10.9. The smallest absolute Gasteiger partial charge is 0.226 e. The third-order valence-corrected chi connectivity index (χ3v) is 2.81. The summed E-state index contributed by atoms with van der Waals surface area (Å²) >= 11 is 2.17. The van der Waals surface area contributed by atoms with Gasteiger partial charge in [-0.1, -0.05) is 12.1 Å². The van der Waals surface area contributed by atoms with E-state index < -0.39 is 0 Å². The van der Waals surface area contributed by atoms with Gasteiger partial charge < -0.3 is 15.9 Å². The van der Waals surface area contributed by atoms with Gasteiger partial charge in [0, 0.05) is 6.07 Å². The number of halogens is 1. The van der Waals surface area contributed by atoms with Crippen LogP contribution in [0.5, 0.6) is 11.6 Å². The molecule has 2 aromatic rings. The maximum Gasteiger partial charge on any atom is 0.226 e. The highest BCUT2D eigenvalue weighted by Gasteiger charge is 2.05. The predicted octanol–water partition coefficient (Wildman–Crippen LogP) is 1.74. The van der Waals surface area contributed by atoms with Crippen molar-refractivity contribution in [1.82, 2.24) is 9.97 Å². The number of nitrogens with two attached hydrogens (primary N) is 2. The number of benzene rings is 1. The molecule has 0 atom stereocenters. The van der Waals surface area contributed by atoms with E-state index in [0.717, 1.165) is 3.57 Å². The van der Waals surface area contributed by atoms with Gasteiger partial charge in [-0.2, -0.15) is 9.97 Å². The number of anilines is 2. The van der Waals surface area contributed by atoms with Gasteiger partial charge in [-0.3, -0.25) is 0 Å². The van der Waals surface area contributed by atoms with E-state index in [0.29, 0.717) is 17.4 Å². The number of nitrogens with zero attached hydrogens (tertiary/aromatic N) is 2. The van der Waals surface area contributed by atoms with Gasteiger partial charge in [0.1, 0.15) is 11.6 Å². The number of hydrogen-bond donors (Lipinski definition) is 3. The zero-order chi connectivity index (χ0) is 12.3. The third kappa shape index (κ3) is 2.94. The first-order chi connectivity index (χ1) is 8.19. The Hall–Kier alpha value is -1.61. The van der Waals surface area contributed by atoms with Gasteiger partial charge in [0.2, 0.25) is 11.8 Å². The van der Waals surface area contributed by atoms with Gasteiger partial charge in [-0.15, -0.1) is 0 Å². The second-order valence-electron chi connectivity index (χ2n) is 3.13. The maximum absolute atomic E-state index is 5.60. The van der Waals surface area contributed by atoms with Gasteiger partial charge in [-0.25, -0.2) is 5.84 Å². The number of rotatable bonds is 3. The predicted molar refractivity (Wildman–Crippen MR) is 73.5 cm³/mol. The van der Waals surface area contributed by atoms with E-state index in [-0.39, 0.29) is 5.95 Å². The van der Waals surface area contributed by atoms with E-state index in [4.69, 9.17) is 16.3 Å². The normalized spacial score (nSPS) is 10.0. The molecule has 1 aromatic heterocycles. The number of aromatic nitrogens is 2. The van der Waals surface area contributed by atoms with E-state index in [2.05, 4.69) is 38.0 Å². The quantitative estimate of drug-likeness (QED) is 0.446. The Morgan fingerprint density at radius 2 is 2.00 bits per heavy atom. The lowest BCUT2D eigenvalue weighted by Crippen LogP contribution is -2.10. The monoisotopic (exact) mass is 343 g/mol. The van der Waals surface area contributed by atoms with Crippen molar-refractivity contribution in [1.29, 1.82) is 0 Å². The van der Waals surface area contributed by atoms with Crippen LogP contribution in [0.4, 0.5) is 11.8 Å². The molecule has 0 aliphatic heterocycles. The molecule has 0 aliphatic carbocycles. The van der Waals surface area contributed by atoms with Crippen LogP contribution in [0.2, 0.25) is 0 Å². The van der Waals surface area contributed by atoms with Crippen LogP contribution in [0.3, 0.4) is 0 Å². The molecule has 7 heteroatoms. The Morgan fingerprint density at radius 1 is 1.24 bits per heavy atom. The van der Waals surface area contributed by atoms with Crippen molar-refractivity contribution in [2.24, 2.45) is 5.84 Å². The molecule has 0 aliphatic rings. The van der Waals surface area contributed by atoms with Gasteiger partial charge >= 0.3 is 0 Å². The Kier molecular flexibility index (Phi) is 3.59. The Labute approximate surface area is 112 Å². The maximum atomic E-state index is 5.60. The van der Waals surface area contributed by atoms with Crippen molar-refractivity contribution < 1.29 is 4.74 Å². The summed E-state index contributed by atoms with van der Waals surface area (Å²) in [6.07, 6.45) is 0. The molecule has 0 saturated heterocycles. The average Bonchev–Trinajstić information content (AvgIpc) is 2.31. The summed E-state index contributed by atoms with van der Waals surface area (Å²) in [5, 5.41) is 0.